The minimum Gasteiger partial charge on any atom is -0.497 e. The zero-order valence-electron chi connectivity index (χ0n) is 12.1. The van der Waals surface area contributed by atoms with E-state index in [1.807, 2.05) is 36.4 Å². The average Bonchev–Trinajstić information content (AvgIpc) is 3.19. The molecule has 110 valence electrons. The molecule has 1 aromatic carbocycles. The minimum absolute atomic E-state index is 0.0520. The highest BCUT2D eigenvalue weighted by Crippen LogP contribution is 2.26. The smallest absolute Gasteiger partial charge is 0.335 e. The zero-order valence-corrected chi connectivity index (χ0v) is 12.1. The quantitative estimate of drug-likeness (QED) is 0.865. The maximum absolute atomic E-state index is 12.1. The van der Waals surface area contributed by atoms with Crippen LogP contribution in [0.1, 0.15) is 25.7 Å². The normalized spacial score (nSPS) is 15.1. The van der Waals surface area contributed by atoms with Gasteiger partial charge < -0.3 is 9.57 Å². The van der Waals surface area contributed by atoms with Gasteiger partial charge in [-0.3, -0.25) is 0 Å². The third-order valence-corrected chi connectivity index (χ3v) is 3.98. The van der Waals surface area contributed by atoms with Crippen LogP contribution < -0.4 is 9.57 Å². The van der Waals surface area contributed by atoms with Crippen molar-refractivity contribution in [2.75, 3.05) is 7.11 Å². The van der Waals surface area contributed by atoms with Gasteiger partial charge in [-0.25, -0.2) is 4.79 Å². The van der Waals surface area contributed by atoms with Gasteiger partial charge in [-0.05, 0) is 49.2 Å². The van der Waals surface area contributed by atoms with Crippen LogP contribution >= 0.6 is 0 Å². The first kappa shape index (κ1) is 13.7. The lowest BCUT2D eigenvalue weighted by Crippen LogP contribution is -2.25. The number of carbonyl (C=O) groups is 1. The number of methoxy groups -OCH3 is 1. The molecule has 1 aliphatic carbocycles. The summed E-state index contributed by atoms with van der Waals surface area (Å²) in [5.41, 5.74) is 1.85. The fourth-order valence-electron chi connectivity index (χ4n) is 2.76. The molecule has 1 fully saturated rings. The highest BCUT2D eigenvalue weighted by atomic mass is 16.7. The standard InChI is InChI=1S/C17H19NO3/c1-20-15-10-8-13(9-11-15)16-7-4-12-18(16)21-17(19)14-5-2-3-6-14/h4,7-12,14H,2-3,5-6H2,1H3. The molecule has 0 saturated heterocycles. The number of benzene rings is 1. The number of hydrogen-bond donors (Lipinski definition) is 0. The maximum Gasteiger partial charge on any atom is 0.335 e. The van der Waals surface area contributed by atoms with Crippen LogP contribution in [0.15, 0.2) is 42.6 Å². The molecule has 3 rings (SSSR count). The van der Waals surface area contributed by atoms with E-state index in [1.165, 1.54) is 0 Å². The van der Waals surface area contributed by atoms with E-state index in [0.717, 1.165) is 42.7 Å². The zero-order chi connectivity index (χ0) is 14.7. The third-order valence-electron chi connectivity index (χ3n) is 3.98. The molecule has 0 spiro atoms. The summed E-state index contributed by atoms with van der Waals surface area (Å²) < 4.78 is 6.71. The minimum atomic E-state index is -0.126. The number of aromatic nitrogens is 1. The van der Waals surface area contributed by atoms with Crippen LogP contribution in [0.5, 0.6) is 5.75 Å². The predicted molar refractivity (Wildman–Crippen MR) is 80.0 cm³/mol. The molecule has 0 amide bonds. The van der Waals surface area contributed by atoms with Crippen LogP contribution in [0.2, 0.25) is 0 Å². The van der Waals surface area contributed by atoms with Crippen molar-refractivity contribution in [2.45, 2.75) is 25.7 Å². The Balaban J connectivity index is 1.78. The molecule has 0 aliphatic heterocycles. The molecule has 1 saturated carbocycles. The highest BCUT2D eigenvalue weighted by Gasteiger charge is 2.25. The lowest BCUT2D eigenvalue weighted by atomic mass is 10.1. The monoisotopic (exact) mass is 285 g/mol. The van der Waals surface area contributed by atoms with Crippen LogP contribution in [-0.4, -0.2) is 17.8 Å². The van der Waals surface area contributed by atoms with Crippen LogP contribution in [0, 0.1) is 5.92 Å². The second kappa shape index (κ2) is 6.04. The summed E-state index contributed by atoms with van der Waals surface area (Å²) in [6, 6.07) is 11.5. The average molecular weight is 285 g/mol. The fraction of sp³-hybridized carbons (Fsp3) is 0.353. The van der Waals surface area contributed by atoms with Gasteiger partial charge in [0.25, 0.3) is 0 Å². The summed E-state index contributed by atoms with van der Waals surface area (Å²) in [4.78, 5) is 17.7. The first-order valence-corrected chi connectivity index (χ1v) is 7.32. The first-order chi connectivity index (χ1) is 10.3. The van der Waals surface area contributed by atoms with E-state index in [0.29, 0.717) is 0 Å². The van der Waals surface area contributed by atoms with Gasteiger partial charge in [-0.2, -0.15) is 4.73 Å². The number of rotatable bonds is 4. The maximum atomic E-state index is 12.1. The molecular weight excluding hydrogens is 266 g/mol. The third kappa shape index (κ3) is 2.94. The number of ether oxygens (including phenoxy) is 1. The van der Waals surface area contributed by atoms with Crippen molar-refractivity contribution in [2.24, 2.45) is 5.92 Å². The fourth-order valence-corrected chi connectivity index (χ4v) is 2.76. The van der Waals surface area contributed by atoms with E-state index >= 15 is 0 Å². The molecule has 1 aliphatic rings. The van der Waals surface area contributed by atoms with E-state index in [-0.39, 0.29) is 11.9 Å². The molecular formula is C17H19NO3. The molecule has 21 heavy (non-hydrogen) atoms. The highest BCUT2D eigenvalue weighted by molar-refractivity contribution is 5.73. The Morgan fingerprint density at radius 2 is 1.86 bits per heavy atom. The van der Waals surface area contributed by atoms with Gasteiger partial charge >= 0.3 is 5.97 Å². The molecule has 4 nitrogen and oxygen atoms in total. The topological polar surface area (TPSA) is 40.5 Å². The van der Waals surface area contributed by atoms with Crippen molar-refractivity contribution in [3.8, 4) is 17.0 Å². The SMILES string of the molecule is COc1ccc(-c2cccn2OC(=O)C2CCCC2)cc1. The van der Waals surface area contributed by atoms with Gasteiger partial charge in [0.15, 0.2) is 0 Å². The van der Waals surface area contributed by atoms with Gasteiger partial charge in [0.05, 0.1) is 18.7 Å². The summed E-state index contributed by atoms with van der Waals surface area (Å²) in [5, 5.41) is 0. The van der Waals surface area contributed by atoms with E-state index < -0.39 is 0 Å². The van der Waals surface area contributed by atoms with Gasteiger partial charge in [0.2, 0.25) is 0 Å². The first-order valence-electron chi connectivity index (χ1n) is 7.32. The van der Waals surface area contributed by atoms with Crippen molar-refractivity contribution in [3.05, 3.63) is 42.6 Å². The summed E-state index contributed by atoms with van der Waals surface area (Å²) in [7, 11) is 1.64. The summed E-state index contributed by atoms with van der Waals surface area (Å²) >= 11 is 0. The number of nitrogens with zero attached hydrogens (tertiary/aromatic N) is 1. The second-order valence-electron chi connectivity index (χ2n) is 5.34. The van der Waals surface area contributed by atoms with Crippen molar-refractivity contribution < 1.29 is 14.4 Å². The molecule has 0 unspecified atom stereocenters. The van der Waals surface area contributed by atoms with Crippen LogP contribution in [0.4, 0.5) is 0 Å². The molecule has 0 radical (unpaired) electrons. The summed E-state index contributed by atoms with van der Waals surface area (Å²) in [6.07, 6.45) is 5.90. The Bertz CT molecular complexity index is 609. The van der Waals surface area contributed by atoms with Gasteiger partial charge in [-0.1, -0.05) is 12.8 Å². The molecule has 1 heterocycles. The lowest BCUT2D eigenvalue weighted by Gasteiger charge is -2.12. The van der Waals surface area contributed by atoms with Crippen LogP contribution in [-0.2, 0) is 4.79 Å². The Morgan fingerprint density at radius 3 is 2.52 bits per heavy atom. The molecule has 1 aromatic heterocycles. The Morgan fingerprint density at radius 1 is 1.14 bits per heavy atom. The molecule has 2 aromatic rings. The van der Waals surface area contributed by atoms with E-state index in [2.05, 4.69) is 0 Å². The number of carbonyl (C=O) groups excluding carboxylic acids is 1. The van der Waals surface area contributed by atoms with Crippen LogP contribution in [0.3, 0.4) is 0 Å². The van der Waals surface area contributed by atoms with Gasteiger partial charge in [0.1, 0.15) is 5.75 Å². The van der Waals surface area contributed by atoms with Crippen molar-refractivity contribution >= 4 is 5.97 Å². The van der Waals surface area contributed by atoms with Gasteiger partial charge in [-0.15, -0.1) is 0 Å². The van der Waals surface area contributed by atoms with Gasteiger partial charge in [0, 0.05) is 11.8 Å². The van der Waals surface area contributed by atoms with Crippen LogP contribution in [0.25, 0.3) is 11.3 Å². The van der Waals surface area contributed by atoms with E-state index in [9.17, 15) is 4.79 Å². The van der Waals surface area contributed by atoms with E-state index in [1.54, 1.807) is 18.0 Å². The van der Waals surface area contributed by atoms with Crippen molar-refractivity contribution in [1.29, 1.82) is 0 Å². The molecule has 0 atom stereocenters. The number of hydrogen-bond acceptors (Lipinski definition) is 3. The molecule has 4 heteroatoms. The van der Waals surface area contributed by atoms with Crippen molar-refractivity contribution in [3.63, 3.8) is 0 Å². The summed E-state index contributed by atoms with van der Waals surface area (Å²) in [6.45, 7) is 0. The summed E-state index contributed by atoms with van der Waals surface area (Å²) in [5.74, 6) is 0.731. The largest absolute Gasteiger partial charge is 0.497 e. The predicted octanol–water partition coefficient (Wildman–Crippen LogP) is 3.31. The Labute approximate surface area is 124 Å². The second-order valence-corrected chi connectivity index (χ2v) is 5.34. The Hall–Kier alpha value is -2.23. The Kier molecular flexibility index (Phi) is 3.95. The molecule has 0 bridgehead atoms. The van der Waals surface area contributed by atoms with E-state index in [4.69, 9.17) is 9.57 Å². The lowest BCUT2D eigenvalue weighted by molar-refractivity contribution is -0.148. The van der Waals surface area contributed by atoms with Crippen molar-refractivity contribution in [1.82, 2.24) is 4.73 Å². The molecule has 0 N–H and O–H groups in total.